The Morgan fingerprint density at radius 2 is 1.69 bits per heavy atom. The van der Waals surface area contributed by atoms with Crippen molar-refractivity contribution >= 4 is 23.7 Å². The summed E-state index contributed by atoms with van der Waals surface area (Å²) in [5.74, 6) is -3.42. The Kier molecular flexibility index (Phi) is 4.43. The normalized spacial score (nSPS) is 20.0. The van der Waals surface area contributed by atoms with E-state index in [1.165, 1.54) is 24.3 Å². The first-order valence-electron chi connectivity index (χ1n) is 7.75. The third-order valence-electron chi connectivity index (χ3n) is 4.17. The quantitative estimate of drug-likeness (QED) is 0.753. The van der Waals surface area contributed by atoms with E-state index in [9.17, 15) is 32.3 Å². The van der Waals surface area contributed by atoms with Gasteiger partial charge in [0.1, 0.15) is 6.04 Å². The molecule has 1 unspecified atom stereocenters. The van der Waals surface area contributed by atoms with Crippen LogP contribution in [0, 0.1) is 0 Å². The van der Waals surface area contributed by atoms with Crippen molar-refractivity contribution in [2.24, 2.45) is 0 Å². The van der Waals surface area contributed by atoms with Crippen molar-refractivity contribution in [3.05, 3.63) is 35.4 Å². The Morgan fingerprint density at radius 1 is 1.12 bits per heavy atom. The van der Waals surface area contributed by atoms with Gasteiger partial charge in [-0.25, -0.2) is 4.79 Å². The zero-order chi connectivity index (χ0) is 19.1. The smallest absolute Gasteiger partial charge is 0.328 e. The molecule has 1 aromatic carbocycles. The lowest BCUT2D eigenvalue weighted by molar-refractivity contribution is -0.176. The summed E-state index contributed by atoms with van der Waals surface area (Å²) in [7, 11) is 0. The van der Waals surface area contributed by atoms with Crippen LogP contribution in [0.1, 0.15) is 40.0 Å². The van der Waals surface area contributed by atoms with Crippen LogP contribution in [0.25, 0.3) is 0 Å². The molecule has 0 spiro atoms. The van der Waals surface area contributed by atoms with E-state index in [0.29, 0.717) is 0 Å². The average molecular weight is 370 g/mol. The van der Waals surface area contributed by atoms with Crippen LogP contribution >= 0.6 is 0 Å². The van der Waals surface area contributed by atoms with E-state index in [1.807, 2.05) is 0 Å². The number of hydrogen-bond donors (Lipinski definition) is 0. The molecule has 0 saturated carbocycles. The number of hydrogen-bond acceptors (Lipinski definition) is 5. The lowest BCUT2D eigenvalue weighted by atomic mass is 10.1. The molecular weight excluding hydrogens is 357 g/mol. The summed E-state index contributed by atoms with van der Waals surface area (Å²) < 4.78 is 37.2. The van der Waals surface area contributed by atoms with Crippen molar-refractivity contribution in [3.8, 4) is 0 Å². The minimum atomic E-state index is -4.49. The fourth-order valence-electron chi connectivity index (χ4n) is 2.91. The van der Waals surface area contributed by atoms with Gasteiger partial charge in [-0.05, 0) is 18.6 Å². The van der Waals surface area contributed by atoms with Gasteiger partial charge in [0.05, 0.1) is 17.5 Å². The van der Waals surface area contributed by atoms with Crippen LogP contribution in [-0.4, -0.2) is 52.4 Å². The van der Waals surface area contributed by atoms with Crippen LogP contribution in [0.5, 0.6) is 0 Å². The number of rotatable bonds is 4. The molecule has 0 bridgehead atoms. The third-order valence-corrected chi connectivity index (χ3v) is 4.17. The van der Waals surface area contributed by atoms with Gasteiger partial charge in [-0.15, -0.1) is 0 Å². The zero-order valence-electron chi connectivity index (χ0n) is 13.3. The number of carbonyl (C=O) groups excluding carboxylic acids is 4. The van der Waals surface area contributed by atoms with Gasteiger partial charge in [-0.3, -0.25) is 14.4 Å². The molecule has 0 aliphatic carbocycles. The molecule has 1 fully saturated rings. The predicted molar refractivity (Wildman–Crippen MR) is 78.4 cm³/mol. The number of benzene rings is 1. The maximum Gasteiger partial charge on any atom is 0.390 e. The van der Waals surface area contributed by atoms with Crippen LogP contribution < -0.4 is 0 Å². The Balaban J connectivity index is 1.71. The Hall–Kier alpha value is -2.91. The summed E-state index contributed by atoms with van der Waals surface area (Å²) in [6.07, 6.45) is -5.91. The van der Waals surface area contributed by atoms with E-state index in [0.717, 1.165) is 4.90 Å². The summed E-state index contributed by atoms with van der Waals surface area (Å²) in [4.78, 5) is 54.0. The van der Waals surface area contributed by atoms with Crippen molar-refractivity contribution in [2.75, 3.05) is 6.54 Å². The largest absolute Gasteiger partial charge is 0.390 e. The Bertz CT molecular complexity index is 757. The maximum absolute atomic E-state index is 12.4. The summed E-state index contributed by atoms with van der Waals surface area (Å²) in [5.41, 5.74) is 0.114. The van der Waals surface area contributed by atoms with Gasteiger partial charge in [0.25, 0.3) is 11.8 Å². The van der Waals surface area contributed by atoms with Crippen LogP contribution in [0.2, 0.25) is 0 Å². The zero-order valence-corrected chi connectivity index (χ0v) is 13.3. The molecule has 1 saturated heterocycles. The lowest BCUT2D eigenvalue weighted by Gasteiger charge is -2.24. The molecule has 3 amide bonds. The first-order valence-corrected chi connectivity index (χ1v) is 7.75. The van der Waals surface area contributed by atoms with Gasteiger partial charge in [0, 0.05) is 13.0 Å². The lowest BCUT2D eigenvalue weighted by Crippen LogP contribution is -2.44. The number of fused-ring (bicyclic) bond motifs is 1. The van der Waals surface area contributed by atoms with Gasteiger partial charge in [0.2, 0.25) is 5.91 Å². The second kappa shape index (κ2) is 6.43. The number of halogens is 3. The van der Waals surface area contributed by atoms with E-state index in [1.54, 1.807) is 0 Å². The molecule has 138 valence electrons. The van der Waals surface area contributed by atoms with Crippen LogP contribution in [0.15, 0.2) is 24.3 Å². The molecule has 7 nitrogen and oxygen atoms in total. The van der Waals surface area contributed by atoms with Gasteiger partial charge < -0.3 is 9.74 Å². The molecule has 3 rings (SSSR count). The monoisotopic (exact) mass is 370 g/mol. The summed E-state index contributed by atoms with van der Waals surface area (Å²) in [5, 5.41) is 0.276. The van der Waals surface area contributed by atoms with Gasteiger partial charge in [-0.2, -0.15) is 13.2 Å². The van der Waals surface area contributed by atoms with E-state index in [4.69, 9.17) is 4.84 Å². The van der Waals surface area contributed by atoms with Crippen LogP contribution in [0.3, 0.4) is 0 Å². The second-order valence-electron chi connectivity index (χ2n) is 5.87. The van der Waals surface area contributed by atoms with Crippen LogP contribution in [0.4, 0.5) is 13.2 Å². The molecule has 2 aliphatic heterocycles. The molecule has 0 radical (unpaired) electrons. The van der Waals surface area contributed by atoms with Crippen LogP contribution in [-0.2, 0) is 14.4 Å². The average Bonchev–Trinajstić information content (AvgIpc) is 3.06. The molecule has 0 aromatic heterocycles. The SMILES string of the molecule is O=C(ON1C(=O)c2ccccc2C1=O)C1CCC(=O)N1CCC(F)(F)F. The number of carbonyl (C=O) groups is 4. The van der Waals surface area contributed by atoms with E-state index in [-0.39, 0.29) is 29.0 Å². The highest BCUT2D eigenvalue weighted by atomic mass is 19.4. The molecule has 2 heterocycles. The molecule has 0 N–H and O–H groups in total. The molecule has 1 atom stereocenters. The van der Waals surface area contributed by atoms with Gasteiger partial charge in [0.15, 0.2) is 0 Å². The van der Waals surface area contributed by atoms with Gasteiger partial charge >= 0.3 is 12.1 Å². The molecule has 1 aromatic rings. The number of likely N-dealkylation sites (tertiary alicyclic amines) is 1. The Labute approximate surface area is 145 Å². The number of amides is 3. The number of nitrogens with zero attached hydrogens (tertiary/aromatic N) is 2. The van der Waals surface area contributed by atoms with Crippen molar-refractivity contribution < 1.29 is 37.2 Å². The minimum Gasteiger partial charge on any atom is -0.328 e. The maximum atomic E-state index is 12.4. The minimum absolute atomic E-state index is 0.0430. The Morgan fingerprint density at radius 3 is 2.23 bits per heavy atom. The van der Waals surface area contributed by atoms with Crippen molar-refractivity contribution in [3.63, 3.8) is 0 Å². The fraction of sp³-hybridized carbons (Fsp3) is 0.375. The second-order valence-corrected chi connectivity index (χ2v) is 5.87. The molecular formula is C16H13F3N2O5. The van der Waals surface area contributed by atoms with E-state index in [2.05, 4.69) is 0 Å². The summed E-state index contributed by atoms with van der Waals surface area (Å²) in [6.45, 7) is -0.690. The number of imide groups is 1. The third kappa shape index (κ3) is 3.26. The summed E-state index contributed by atoms with van der Waals surface area (Å²) >= 11 is 0. The van der Waals surface area contributed by atoms with Crippen molar-refractivity contribution in [1.29, 1.82) is 0 Å². The molecule has 2 aliphatic rings. The predicted octanol–water partition coefficient (Wildman–Crippen LogP) is 1.68. The standard InChI is InChI=1S/C16H13F3N2O5/c17-16(18,19)7-8-20-11(5-6-12(20)22)15(25)26-21-13(23)9-3-1-2-4-10(9)14(21)24/h1-4,11H,5-8H2. The molecule has 26 heavy (non-hydrogen) atoms. The summed E-state index contributed by atoms with van der Waals surface area (Å²) in [6, 6.07) is 4.57. The number of alkyl halides is 3. The highest BCUT2D eigenvalue weighted by molar-refractivity contribution is 6.21. The number of hydroxylamine groups is 2. The van der Waals surface area contributed by atoms with Crippen molar-refractivity contribution in [2.45, 2.75) is 31.5 Å². The highest BCUT2D eigenvalue weighted by Gasteiger charge is 2.44. The topological polar surface area (TPSA) is 84.0 Å². The highest BCUT2D eigenvalue weighted by Crippen LogP contribution is 2.27. The van der Waals surface area contributed by atoms with Crippen molar-refractivity contribution in [1.82, 2.24) is 9.96 Å². The van der Waals surface area contributed by atoms with E-state index >= 15 is 0 Å². The van der Waals surface area contributed by atoms with Gasteiger partial charge in [-0.1, -0.05) is 17.2 Å². The molecule has 10 heteroatoms. The van der Waals surface area contributed by atoms with E-state index < -0.39 is 48.9 Å². The first-order chi connectivity index (χ1) is 12.2. The first kappa shape index (κ1) is 17.9. The fourth-order valence-corrected chi connectivity index (χ4v) is 2.91.